The summed E-state index contributed by atoms with van der Waals surface area (Å²) in [6.07, 6.45) is 0. The Labute approximate surface area is 183 Å². The molecule has 0 aliphatic heterocycles. The molecular formula is C23H29ClN2O2S. The first-order valence-electron chi connectivity index (χ1n) is 9.80. The maximum absolute atomic E-state index is 13.0. The number of thioether (sulfide) groups is 1. The van der Waals surface area contributed by atoms with Crippen LogP contribution in [0.4, 0.5) is 0 Å². The summed E-state index contributed by atoms with van der Waals surface area (Å²) in [7, 11) is 0. The number of carbonyl (C=O) groups is 2. The van der Waals surface area contributed by atoms with Crippen LogP contribution in [0.5, 0.6) is 0 Å². The minimum absolute atomic E-state index is 0.0481. The van der Waals surface area contributed by atoms with Gasteiger partial charge in [0, 0.05) is 23.9 Å². The lowest BCUT2D eigenvalue weighted by molar-refractivity contribution is -0.138. The number of nitrogens with zero attached hydrogens (tertiary/aromatic N) is 1. The van der Waals surface area contributed by atoms with E-state index in [2.05, 4.69) is 5.32 Å². The molecule has 2 rings (SSSR count). The predicted molar refractivity (Wildman–Crippen MR) is 122 cm³/mol. The maximum atomic E-state index is 13.0. The quantitative estimate of drug-likeness (QED) is 0.588. The van der Waals surface area contributed by atoms with Gasteiger partial charge in [0.05, 0.1) is 5.75 Å². The molecule has 156 valence electrons. The van der Waals surface area contributed by atoms with Gasteiger partial charge in [0.25, 0.3) is 0 Å². The molecule has 0 fully saturated rings. The van der Waals surface area contributed by atoms with Crippen molar-refractivity contribution in [1.82, 2.24) is 10.2 Å². The third-order valence-electron chi connectivity index (χ3n) is 4.46. The fraction of sp³-hybridized carbons (Fsp3) is 0.391. The number of hydrogen-bond donors (Lipinski definition) is 1. The largest absolute Gasteiger partial charge is 0.354 e. The molecule has 0 heterocycles. The van der Waals surface area contributed by atoms with Crippen molar-refractivity contribution < 1.29 is 9.59 Å². The molecule has 0 saturated heterocycles. The van der Waals surface area contributed by atoms with Gasteiger partial charge in [0.2, 0.25) is 11.8 Å². The summed E-state index contributed by atoms with van der Waals surface area (Å²) in [5, 5.41) is 3.58. The van der Waals surface area contributed by atoms with Crippen LogP contribution in [-0.4, -0.2) is 35.1 Å². The lowest BCUT2D eigenvalue weighted by Gasteiger charge is -2.29. The van der Waals surface area contributed by atoms with E-state index in [0.717, 1.165) is 11.3 Å². The van der Waals surface area contributed by atoms with Gasteiger partial charge in [-0.05, 0) is 36.1 Å². The normalized spacial score (nSPS) is 11.9. The topological polar surface area (TPSA) is 49.4 Å². The number of rotatable bonds is 10. The van der Waals surface area contributed by atoms with Gasteiger partial charge in [-0.2, -0.15) is 0 Å². The Morgan fingerprint density at radius 2 is 1.66 bits per heavy atom. The molecule has 0 spiro atoms. The van der Waals surface area contributed by atoms with E-state index in [9.17, 15) is 9.59 Å². The third kappa shape index (κ3) is 8.11. The van der Waals surface area contributed by atoms with E-state index in [0.29, 0.717) is 29.8 Å². The highest BCUT2D eigenvalue weighted by atomic mass is 35.5. The molecule has 29 heavy (non-hydrogen) atoms. The number of carbonyl (C=O) groups excluding carboxylic acids is 2. The molecule has 0 saturated carbocycles. The zero-order valence-electron chi connectivity index (χ0n) is 17.2. The Hall–Kier alpha value is -1.98. The molecule has 2 aromatic rings. The van der Waals surface area contributed by atoms with E-state index in [4.69, 9.17) is 11.6 Å². The van der Waals surface area contributed by atoms with Gasteiger partial charge < -0.3 is 10.2 Å². The molecule has 0 aliphatic rings. The van der Waals surface area contributed by atoms with Crippen molar-refractivity contribution in [2.45, 2.75) is 39.1 Å². The second-order valence-electron chi connectivity index (χ2n) is 7.44. The lowest BCUT2D eigenvalue weighted by Crippen LogP contribution is -2.48. The Kier molecular flexibility index (Phi) is 9.55. The van der Waals surface area contributed by atoms with Gasteiger partial charge in [0.15, 0.2) is 0 Å². The minimum Gasteiger partial charge on any atom is -0.354 e. The molecule has 2 amide bonds. The molecule has 1 atom stereocenters. The molecule has 4 nitrogen and oxygen atoms in total. The molecule has 0 bridgehead atoms. The third-order valence-corrected chi connectivity index (χ3v) is 5.70. The summed E-state index contributed by atoms with van der Waals surface area (Å²) < 4.78 is 0. The highest BCUT2D eigenvalue weighted by Gasteiger charge is 2.26. The number of halogens is 1. The van der Waals surface area contributed by atoms with E-state index in [1.165, 1.54) is 5.56 Å². The zero-order chi connectivity index (χ0) is 21.2. The molecule has 6 heteroatoms. The van der Waals surface area contributed by atoms with Crippen LogP contribution in [0.2, 0.25) is 5.02 Å². The van der Waals surface area contributed by atoms with Crippen LogP contribution in [0.15, 0.2) is 54.6 Å². The van der Waals surface area contributed by atoms with Gasteiger partial charge in [-0.3, -0.25) is 9.59 Å². The van der Waals surface area contributed by atoms with Crippen LogP contribution in [-0.2, 0) is 21.9 Å². The smallest absolute Gasteiger partial charge is 0.242 e. The minimum atomic E-state index is -0.547. The maximum Gasteiger partial charge on any atom is 0.242 e. The van der Waals surface area contributed by atoms with E-state index >= 15 is 0 Å². The van der Waals surface area contributed by atoms with Gasteiger partial charge in [0.1, 0.15) is 6.04 Å². The number of amides is 2. The molecule has 0 radical (unpaired) electrons. The summed E-state index contributed by atoms with van der Waals surface area (Å²) in [6.45, 7) is 6.84. The van der Waals surface area contributed by atoms with Crippen molar-refractivity contribution >= 4 is 35.2 Å². The number of benzene rings is 2. The first-order valence-corrected chi connectivity index (χ1v) is 11.3. The Morgan fingerprint density at radius 1 is 1.00 bits per heavy atom. The monoisotopic (exact) mass is 432 g/mol. The average molecular weight is 433 g/mol. The number of hydrogen-bond acceptors (Lipinski definition) is 3. The van der Waals surface area contributed by atoms with Crippen LogP contribution in [0.1, 0.15) is 31.9 Å². The lowest BCUT2D eigenvalue weighted by atomic mass is 10.1. The Bertz CT molecular complexity index is 781. The van der Waals surface area contributed by atoms with Gasteiger partial charge >= 0.3 is 0 Å². The first-order chi connectivity index (χ1) is 13.9. The second kappa shape index (κ2) is 11.9. The molecule has 1 unspecified atom stereocenters. The highest BCUT2D eigenvalue weighted by Crippen LogP contribution is 2.17. The van der Waals surface area contributed by atoms with E-state index in [1.807, 2.05) is 56.3 Å². The summed E-state index contributed by atoms with van der Waals surface area (Å²) in [6, 6.07) is 16.9. The zero-order valence-corrected chi connectivity index (χ0v) is 18.8. The Balaban J connectivity index is 2.04. The molecular weight excluding hydrogens is 404 g/mol. The van der Waals surface area contributed by atoms with Crippen molar-refractivity contribution in [3.8, 4) is 0 Å². The van der Waals surface area contributed by atoms with Crippen molar-refractivity contribution in [1.29, 1.82) is 0 Å². The van der Waals surface area contributed by atoms with Gasteiger partial charge in [-0.1, -0.05) is 67.9 Å². The molecule has 2 aromatic carbocycles. The SMILES string of the molecule is CC(C)CNC(=O)C(C)N(Cc1ccc(Cl)cc1)C(=O)CSCc1ccccc1. The van der Waals surface area contributed by atoms with Crippen LogP contribution in [0.3, 0.4) is 0 Å². The van der Waals surface area contributed by atoms with Crippen molar-refractivity contribution in [3.05, 3.63) is 70.7 Å². The van der Waals surface area contributed by atoms with E-state index in [1.54, 1.807) is 35.7 Å². The van der Waals surface area contributed by atoms with Crippen LogP contribution in [0, 0.1) is 5.92 Å². The van der Waals surface area contributed by atoms with Crippen molar-refractivity contribution in [2.24, 2.45) is 5.92 Å². The van der Waals surface area contributed by atoms with Crippen LogP contribution in [0.25, 0.3) is 0 Å². The van der Waals surface area contributed by atoms with Crippen LogP contribution >= 0.6 is 23.4 Å². The molecule has 0 aromatic heterocycles. The first kappa shape index (κ1) is 23.3. The summed E-state index contributed by atoms with van der Waals surface area (Å²) in [5.41, 5.74) is 2.12. The van der Waals surface area contributed by atoms with Crippen LogP contribution < -0.4 is 5.32 Å². The number of nitrogens with one attached hydrogen (secondary N) is 1. The van der Waals surface area contributed by atoms with E-state index < -0.39 is 6.04 Å². The Morgan fingerprint density at radius 3 is 2.28 bits per heavy atom. The van der Waals surface area contributed by atoms with Crippen molar-refractivity contribution in [2.75, 3.05) is 12.3 Å². The van der Waals surface area contributed by atoms with Crippen molar-refractivity contribution in [3.63, 3.8) is 0 Å². The predicted octanol–water partition coefficient (Wildman–Crippen LogP) is 4.76. The van der Waals surface area contributed by atoms with Gasteiger partial charge in [-0.25, -0.2) is 0 Å². The molecule has 1 N–H and O–H groups in total. The molecule has 0 aliphatic carbocycles. The second-order valence-corrected chi connectivity index (χ2v) is 8.86. The van der Waals surface area contributed by atoms with E-state index in [-0.39, 0.29) is 11.8 Å². The summed E-state index contributed by atoms with van der Waals surface area (Å²) in [5.74, 6) is 1.26. The van der Waals surface area contributed by atoms with Gasteiger partial charge in [-0.15, -0.1) is 11.8 Å². The summed E-state index contributed by atoms with van der Waals surface area (Å²) in [4.78, 5) is 27.2. The average Bonchev–Trinajstić information content (AvgIpc) is 2.71. The fourth-order valence-electron chi connectivity index (χ4n) is 2.73. The standard InChI is InChI=1S/C23H29ClN2O2S/c1-17(2)13-25-23(28)18(3)26(14-19-9-11-21(24)12-10-19)22(27)16-29-15-20-7-5-4-6-8-20/h4-12,17-18H,13-16H2,1-3H3,(H,25,28). The highest BCUT2D eigenvalue weighted by molar-refractivity contribution is 7.99. The fourth-order valence-corrected chi connectivity index (χ4v) is 3.73. The summed E-state index contributed by atoms with van der Waals surface area (Å²) >= 11 is 7.53.